The van der Waals surface area contributed by atoms with E-state index in [1.54, 1.807) is 49.5 Å². The zero-order valence-electron chi connectivity index (χ0n) is 16.2. The number of likely N-dealkylation sites (N-methyl/N-ethyl adjacent to an activating group) is 1. The van der Waals surface area contributed by atoms with E-state index in [9.17, 15) is 9.59 Å². The summed E-state index contributed by atoms with van der Waals surface area (Å²) in [5.74, 6) is 0.858. The van der Waals surface area contributed by atoms with Gasteiger partial charge in [-0.15, -0.1) is 0 Å². The Bertz CT molecular complexity index is 993. The number of aromatic nitrogens is 4. The summed E-state index contributed by atoms with van der Waals surface area (Å²) >= 11 is 0. The highest BCUT2D eigenvalue weighted by Gasteiger charge is 2.20. The Hall–Kier alpha value is -3.49. The number of ketones is 1. The third kappa shape index (κ3) is 4.08. The molecule has 3 heterocycles. The Morgan fingerprint density at radius 2 is 1.89 bits per heavy atom. The van der Waals surface area contributed by atoms with Gasteiger partial charge in [0.1, 0.15) is 12.3 Å². The lowest BCUT2D eigenvalue weighted by molar-refractivity contribution is -0.140. The third-order valence-corrected chi connectivity index (χ3v) is 4.20. The van der Waals surface area contributed by atoms with Crippen LogP contribution in [-0.2, 0) is 9.53 Å². The highest BCUT2D eigenvalue weighted by Crippen LogP contribution is 2.21. The topological polar surface area (TPSA) is 103 Å². The molecule has 0 saturated heterocycles. The van der Waals surface area contributed by atoms with Crippen molar-refractivity contribution in [3.8, 4) is 5.82 Å². The lowest BCUT2D eigenvalue weighted by atomic mass is 10.1. The fourth-order valence-corrected chi connectivity index (χ4v) is 2.88. The molecule has 3 aromatic rings. The van der Waals surface area contributed by atoms with Crippen LogP contribution in [0.5, 0.6) is 0 Å². The van der Waals surface area contributed by atoms with E-state index in [1.165, 1.54) is 0 Å². The molecule has 0 aliphatic carbocycles. The van der Waals surface area contributed by atoms with Crippen molar-refractivity contribution in [2.24, 2.45) is 0 Å². The molecule has 0 fully saturated rings. The number of rotatable bonds is 7. The molecular formula is C19H21N5O4. The van der Waals surface area contributed by atoms with Gasteiger partial charge in [0, 0.05) is 42.5 Å². The first-order chi connectivity index (χ1) is 13.4. The number of anilines is 1. The third-order valence-electron chi connectivity index (χ3n) is 4.20. The summed E-state index contributed by atoms with van der Waals surface area (Å²) in [5.41, 5.74) is 2.02. The van der Waals surface area contributed by atoms with E-state index in [0.717, 1.165) is 5.69 Å². The second kappa shape index (κ2) is 8.03. The van der Waals surface area contributed by atoms with Gasteiger partial charge in [0.2, 0.25) is 11.7 Å². The van der Waals surface area contributed by atoms with Crippen molar-refractivity contribution in [3.63, 3.8) is 0 Å². The first-order valence-corrected chi connectivity index (χ1v) is 8.66. The summed E-state index contributed by atoms with van der Waals surface area (Å²) in [4.78, 5) is 34.3. The molecule has 0 bridgehead atoms. The Kier molecular flexibility index (Phi) is 5.53. The molecule has 28 heavy (non-hydrogen) atoms. The number of carbonyl (C=O) groups excluding carboxylic acids is 2. The maximum Gasteiger partial charge on any atom is 0.326 e. The Labute approximate surface area is 161 Å². The molecule has 0 N–H and O–H groups in total. The van der Waals surface area contributed by atoms with Gasteiger partial charge >= 0.3 is 5.97 Å². The molecule has 0 spiro atoms. The molecule has 0 atom stereocenters. The molecule has 0 saturated carbocycles. The maximum atomic E-state index is 12.6. The zero-order valence-corrected chi connectivity index (χ0v) is 16.2. The van der Waals surface area contributed by atoms with Crippen LogP contribution in [0.25, 0.3) is 5.82 Å². The first-order valence-electron chi connectivity index (χ1n) is 8.66. The van der Waals surface area contributed by atoms with E-state index in [0.29, 0.717) is 28.8 Å². The molecule has 3 aromatic heterocycles. The highest BCUT2D eigenvalue weighted by molar-refractivity contribution is 5.99. The van der Waals surface area contributed by atoms with Crippen molar-refractivity contribution in [2.45, 2.75) is 20.8 Å². The fraction of sp³-hybridized carbons (Fsp3) is 0.316. The van der Waals surface area contributed by atoms with Crippen LogP contribution in [0.3, 0.4) is 0 Å². The normalized spacial score (nSPS) is 10.7. The summed E-state index contributed by atoms with van der Waals surface area (Å²) in [6, 6.07) is 5.22. The first kappa shape index (κ1) is 19.3. The predicted octanol–water partition coefficient (Wildman–Crippen LogP) is 2.04. The second-order valence-electron chi connectivity index (χ2n) is 6.40. The van der Waals surface area contributed by atoms with E-state index < -0.39 is 5.97 Å². The molecule has 0 unspecified atom stereocenters. The summed E-state index contributed by atoms with van der Waals surface area (Å²) in [6.45, 7) is 5.08. The van der Waals surface area contributed by atoms with Gasteiger partial charge in [-0.2, -0.15) is 0 Å². The molecule has 0 aliphatic rings. The van der Waals surface area contributed by atoms with E-state index in [1.807, 2.05) is 18.4 Å². The number of hydrogen-bond donors (Lipinski definition) is 0. The van der Waals surface area contributed by atoms with Crippen molar-refractivity contribution in [2.75, 3.05) is 25.1 Å². The molecule has 0 amide bonds. The molecule has 146 valence electrons. The van der Waals surface area contributed by atoms with Crippen LogP contribution in [0, 0.1) is 20.8 Å². The summed E-state index contributed by atoms with van der Waals surface area (Å²) in [5, 5.41) is 3.99. The molecule has 3 rings (SSSR count). The SMILES string of the molecule is Cc1cc(-n2c(C)cc(C(=O)COC(=O)CN(C)c3ncccn3)c2C)no1. The van der Waals surface area contributed by atoms with Gasteiger partial charge in [0.25, 0.3) is 0 Å². The number of Topliss-reactive ketones (excluding diaryl/α,β-unsaturated/α-hetero) is 1. The largest absolute Gasteiger partial charge is 0.456 e. The van der Waals surface area contributed by atoms with Gasteiger partial charge in [-0.3, -0.25) is 14.2 Å². The number of aryl methyl sites for hydroxylation is 2. The Morgan fingerprint density at radius 1 is 1.18 bits per heavy atom. The van der Waals surface area contributed by atoms with Crippen LogP contribution < -0.4 is 4.90 Å². The van der Waals surface area contributed by atoms with E-state index in [4.69, 9.17) is 9.26 Å². The number of carbonyl (C=O) groups is 2. The number of esters is 1. The highest BCUT2D eigenvalue weighted by atomic mass is 16.5. The fourth-order valence-electron chi connectivity index (χ4n) is 2.88. The van der Waals surface area contributed by atoms with Gasteiger partial charge in [-0.1, -0.05) is 5.16 Å². The van der Waals surface area contributed by atoms with E-state index in [-0.39, 0.29) is 18.9 Å². The molecule has 0 aromatic carbocycles. The summed E-state index contributed by atoms with van der Waals surface area (Å²) in [6.07, 6.45) is 3.17. The van der Waals surface area contributed by atoms with Crippen molar-refractivity contribution >= 4 is 17.7 Å². The van der Waals surface area contributed by atoms with Crippen LogP contribution in [-0.4, -0.2) is 51.6 Å². The van der Waals surface area contributed by atoms with Crippen LogP contribution in [0.2, 0.25) is 0 Å². The zero-order chi connectivity index (χ0) is 20.3. The minimum Gasteiger partial charge on any atom is -0.456 e. The van der Waals surface area contributed by atoms with Crippen molar-refractivity contribution in [1.29, 1.82) is 0 Å². The number of nitrogens with zero attached hydrogens (tertiary/aromatic N) is 5. The van der Waals surface area contributed by atoms with Crippen LogP contribution in [0.15, 0.2) is 35.1 Å². The van der Waals surface area contributed by atoms with Gasteiger partial charge in [0.15, 0.2) is 12.4 Å². The number of ether oxygens (including phenoxy) is 1. The standard InChI is InChI=1S/C19H21N5O4/c1-12-8-15(14(3)24(12)17-9-13(2)28-22-17)16(25)11-27-18(26)10-23(4)19-20-6-5-7-21-19/h5-9H,10-11H2,1-4H3. The molecule has 9 nitrogen and oxygen atoms in total. The minimum atomic E-state index is -0.538. The van der Waals surface area contributed by atoms with Crippen LogP contribution in [0.4, 0.5) is 5.95 Å². The Balaban J connectivity index is 1.63. The monoisotopic (exact) mass is 383 g/mol. The second-order valence-corrected chi connectivity index (χ2v) is 6.40. The van der Waals surface area contributed by atoms with Crippen molar-refractivity contribution < 1.29 is 18.8 Å². The van der Waals surface area contributed by atoms with Gasteiger partial charge < -0.3 is 14.2 Å². The molecule has 9 heteroatoms. The summed E-state index contributed by atoms with van der Waals surface area (Å²) in [7, 11) is 1.67. The maximum absolute atomic E-state index is 12.6. The molecular weight excluding hydrogens is 362 g/mol. The smallest absolute Gasteiger partial charge is 0.326 e. The average Bonchev–Trinajstić information content (AvgIpc) is 3.22. The quantitative estimate of drug-likeness (QED) is 0.451. The lowest BCUT2D eigenvalue weighted by Crippen LogP contribution is -2.29. The van der Waals surface area contributed by atoms with Crippen LogP contribution >= 0.6 is 0 Å². The van der Waals surface area contributed by atoms with Gasteiger partial charge in [-0.05, 0) is 32.9 Å². The van der Waals surface area contributed by atoms with Gasteiger partial charge in [0.05, 0.1) is 0 Å². The van der Waals surface area contributed by atoms with E-state index >= 15 is 0 Å². The molecule has 0 radical (unpaired) electrons. The molecule has 0 aliphatic heterocycles. The van der Waals surface area contributed by atoms with Gasteiger partial charge in [-0.25, -0.2) is 9.97 Å². The van der Waals surface area contributed by atoms with Crippen molar-refractivity contribution in [1.82, 2.24) is 19.7 Å². The van der Waals surface area contributed by atoms with Crippen LogP contribution in [0.1, 0.15) is 27.5 Å². The lowest BCUT2D eigenvalue weighted by Gasteiger charge is -2.15. The average molecular weight is 383 g/mol. The minimum absolute atomic E-state index is 0.0610. The van der Waals surface area contributed by atoms with E-state index in [2.05, 4.69) is 15.1 Å². The number of hydrogen-bond acceptors (Lipinski definition) is 8. The van der Waals surface area contributed by atoms with Crippen molar-refractivity contribution in [3.05, 3.63) is 53.3 Å². The predicted molar refractivity (Wildman–Crippen MR) is 101 cm³/mol. The summed E-state index contributed by atoms with van der Waals surface area (Å²) < 4.78 is 12.1. The Morgan fingerprint density at radius 3 is 2.54 bits per heavy atom.